The third-order valence-electron chi connectivity index (χ3n) is 3.07. The Hall–Kier alpha value is -3.07. The van der Waals surface area contributed by atoms with Crippen LogP contribution in [-0.4, -0.2) is 22.5 Å². The van der Waals surface area contributed by atoms with Gasteiger partial charge in [-0.1, -0.05) is 22.8 Å². The van der Waals surface area contributed by atoms with E-state index in [4.69, 9.17) is 16.0 Å². The third kappa shape index (κ3) is 4.51. The van der Waals surface area contributed by atoms with Crippen LogP contribution in [0.5, 0.6) is 5.75 Å². The first-order valence-electron chi connectivity index (χ1n) is 7.07. The summed E-state index contributed by atoms with van der Waals surface area (Å²) in [6, 6.07) is 10.9. The quantitative estimate of drug-likeness (QED) is 0.715. The fraction of sp³-hybridized carbons (Fsp3) is 0.0625. The van der Waals surface area contributed by atoms with Gasteiger partial charge in [0.05, 0.1) is 0 Å². The van der Waals surface area contributed by atoms with E-state index in [-0.39, 0.29) is 17.5 Å². The van der Waals surface area contributed by atoms with Crippen LogP contribution in [0.15, 0.2) is 52.9 Å². The lowest BCUT2D eigenvalue weighted by atomic mass is 10.2. The van der Waals surface area contributed by atoms with Gasteiger partial charge in [0.1, 0.15) is 5.75 Å². The zero-order valence-electron chi connectivity index (χ0n) is 12.7. The zero-order valence-corrected chi connectivity index (χ0v) is 13.5. The number of alkyl halides is 3. The maximum absolute atomic E-state index is 12.2. The van der Waals surface area contributed by atoms with Crippen LogP contribution in [0.4, 0.5) is 19.2 Å². The smallest absolute Gasteiger partial charge is 0.406 e. The van der Waals surface area contributed by atoms with E-state index in [1.54, 1.807) is 24.3 Å². The van der Waals surface area contributed by atoms with Crippen molar-refractivity contribution in [2.24, 2.45) is 0 Å². The Balaban J connectivity index is 1.72. The minimum absolute atomic E-state index is 0.0713. The number of hydrogen-bond donors (Lipinski definition) is 1. The average molecular weight is 384 g/mol. The molecule has 0 spiro atoms. The van der Waals surface area contributed by atoms with Crippen molar-refractivity contribution in [1.29, 1.82) is 0 Å². The summed E-state index contributed by atoms with van der Waals surface area (Å²) in [5, 5.41) is 10.3. The fourth-order valence-electron chi connectivity index (χ4n) is 1.99. The van der Waals surface area contributed by atoms with E-state index in [2.05, 4.69) is 20.3 Å². The number of hydrogen-bond acceptors (Lipinski definition) is 5. The molecule has 0 aliphatic heterocycles. The summed E-state index contributed by atoms with van der Waals surface area (Å²) in [5.41, 5.74) is 0.515. The Labute approximate surface area is 149 Å². The lowest BCUT2D eigenvalue weighted by molar-refractivity contribution is -0.274. The van der Waals surface area contributed by atoms with Crippen molar-refractivity contribution in [3.8, 4) is 17.2 Å². The van der Waals surface area contributed by atoms with Crippen LogP contribution in [0.1, 0.15) is 10.4 Å². The summed E-state index contributed by atoms with van der Waals surface area (Å²) in [6.07, 6.45) is -4.85. The first kappa shape index (κ1) is 17.7. The van der Waals surface area contributed by atoms with E-state index in [1.165, 1.54) is 12.1 Å². The molecule has 0 saturated heterocycles. The molecule has 0 atom stereocenters. The molecule has 0 saturated carbocycles. The topological polar surface area (TPSA) is 77.3 Å². The van der Waals surface area contributed by atoms with Crippen molar-refractivity contribution in [3.05, 3.63) is 59.1 Å². The Kier molecular flexibility index (Phi) is 4.81. The lowest BCUT2D eigenvalue weighted by Gasteiger charge is -2.09. The summed E-state index contributed by atoms with van der Waals surface area (Å²) in [5.74, 6) is -1.10. The molecule has 0 unspecified atom stereocenters. The highest BCUT2D eigenvalue weighted by atomic mass is 35.5. The molecule has 2 aromatic carbocycles. The number of nitrogens with one attached hydrogen (secondary N) is 1. The number of carbonyl (C=O) groups is 1. The molecule has 0 radical (unpaired) electrons. The monoisotopic (exact) mass is 383 g/mol. The molecule has 1 heterocycles. The molecule has 0 fully saturated rings. The van der Waals surface area contributed by atoms with Gasteiger partial charge in [0, 0.05) is 16.1 Å². The zero-order chi connectivity index (χ0) is 18.7. The van der Waals surface area contributed by atoms with Crippen LogP contribution in [0.3, 0.4) is 0 Å². The van der Waals surface area contributed by atoms with Gasteiger partial charge in [-0.3, -0.25) is 10.1 Å². The van der Waals surface area contributed by atoms with Crippen molar-refractivity contribution < 1.29 is 27.1 Å². The summed E-state index contributed by atoms with van der Waals surface area (Å²) in [7, 11) is 0. The normalized spacial score (nSPS) is 11.2. The minimum Gasteiger partial charge on any atom is -0.406 e. The molecular weight excluding hydrogens is 375 g/mol. The largest absolute Gasteiger partial charge is 0.573 e. The maximum atomic E-state index is 12.2. The van der Waals surface area contributed by atoms with Gasteiger partial charge in [0.15, 0.2) is 0 Å². The second-order valence-corrected chi connectivity index (χ2v) is 5.39. The Bertz CT molecular complexity index is 926. The molecule has 0 aliphatic carbocycles. The number of nitrogens with zero attached hydrogens (tertiary/aromatic N) is 2. The minimum atomic E-state index is -4.85. The van der Waals surface area contributed by atoms with E-state index in [9.17, 15) is 18.0 Å². The Morgan fingerprint density at radius 1 is 1.12 bits per heavy atom. The van der Waals surface area contributed by atoms with Crippen LogP contribution >= 0.6 is 11.6 Å². The van der Waals surface area contributed by atoms with Crippen LogP contribution < -0.4 is 10.1 Å². The van der Waals surface area contributed by atoms with E-state index < -0.39 is 18.0 Å². The molecule has 1 amide bonds. The van der Waals surface area contributed by atoms with Crippen molar-refractivity contribution in [1.82, 2.24) is 10.2 Å². The molecule has 3 aromatic rings. The standard InChI is InChI=1S/C16H9ClF3N3O3/c17-11-6-4-9(5-7-11)14-22-23-15(25-14)21-13(24)10-2-1-3-12(8-10)26-16(18,19)20/h1-8H,(H,21,23,24). The fourth-order valence-corrected chi connectivity index (χ4v) is 2.11. The number of aromatic nitrogens is 2. The van der Waals surface area contributed by atoms with Gasteiger partial charge in [0.25, 0.3) is 5.91 Å². The van der Waals surface area contributed by atoms with E-state index in [0.717, 1.165) is 12.1 Å². The summed E-state index contributed by atoms with van der Waals surface area (Å²) >= 11 is 5.79. The number of benzene rings is 2. The molecule has 1 N–H and O–H groups in total. The molecule has 0 aliphatic rings. The van der Waals surface area contributed by atoms with Gasteiger partial charge in [-0.2, -0.15) is 0 Å². The highest BCUT2D eigenvalue weighted by Gasteiger charge is 2.31. The van der Waals surface area contributed by atoms with E-state index in [0.29, 0.717) is 10.6 Å². The van der Waals surface area contributed by atoms with Crippen LogP contribution in [-0.2, 0) is 0 Å². The number of anilines is 1. The molecule has 134 valence electrons. The van der Waals surface area contributed by atoms with Gasteiger partial charge in [-0.05, 0) is 42.5 Å². The average Bonchev–Trinajstić information content (AvgIpc) is 3.02. The van der Waals surface area contributed by atoms with Gasteiger partial charge in [-0.25, -0.2) is 0 Å². The van der Waals surface area contributed by atoms with Crippen molar-refractivity contribution >= 4 is 23.5 Å². The second-order valence-electron chi connectivity index (χ2n) is 4.95. The predicted molar refractivity (Wildman–Crippen MR) is 85.8 cm³/mol. The van der Waals surface area contributed by atoms with Crippen molar-refractivity contribution in [2.75, 3.05) is 5.32 Å². The number of halogens is 4. The molecule has 10 heteroatoms. The number of amides is 1. The number of ether oxygens (including phenoxy) is 1. The summed E-state index contributed by atoms with van der Waals surface area (Å²) in [6.45, 7) is 0. The van der Waals surface area contributed by atoms with E-state index in [1.807, 2.05) is 0 Å². The number of rotatable bonds is 4. The molecular formula is C16H9ClF3N3O3. The summed E-state index contributed by atoms with van der Waals surface area (Å²) < 4.78 is 45.8. The van der Waals surface area contributed by atoms with Gasteiger partial charge < -0.3 is 9.15 Å². The second kappa shape index (κ2) is 7.04. The molecule has 0 bridgehead atoms. The first-order valence-corrected chi connectivity index (χ1v) is 7.44. The van der Waals surface area contributed by atoms with Gasteiger partial charge >= 0.3 is 12.4 Å². The van der Waals surface area contributed by atoms with E-state index >= 15 is 0 Å². The van der Waals surface area contributed by atoms with Gasteiger partial charge in [-0.15, -0.1) is 18.3 Å². The molecule has 1 aromatic heterocycles. The number of carbonyl (C=O) groups excluding carboxylic acids is 1. The van der Waals surface area contributed by atoms with Crippen LogP contribution in [0.25, 0.3) is 11.5 Å². The maximum Gasteiger partial charge on any atom is 0.573 e. The Morgan fingerprint density at radius 2 is 1.85 bits per heavy atom. The highest BCUT2D eigenvalue weighted by Crippen LogP contribution is 2.24. The third-order valence-corrected chi connectivity index (χ3v) is 3.32. The highest BCUT2D eigenvalue weighted by molar-refractivity contribution is 6.30. The predicted octanol–water partition coefficient (Wildman–Crippen LogP) is 4.54. The Morgan fingerprint density at radius 3 is 2.54 bits per heavy atom. The SMILES string of the molecule is O=C(Nc1nnc(-c2ccc(Cl)cc2)o1)c1cccc(OC(F)(F)F)c1. The molecule has 26 heavy (non-hydrogen) atoms. The van der Waals surface area contributed by atoms with Crippen molar-refractivity contribution in [2.45, 2.75) is 6.36 Å². The lowest BCUT2D eigenvalue weighted by Crippen LogP contribution is -2.18. The molecule has 6 nitrogen and oxygen atoms in total. The van der Waals surface area contributed by atoms with Crippen molar-refractivity contribution in [3.63, 3.8) is 0 Å². The van der Waals surface area contributed by atoms with Gasteiger partial charge in [0.2, 0.25) is 5.89 Å². The van der Waals surface area contributed by atoms with Crippen LogP contribution in [0, 0.1) is 0 Å². The first-order chi connectivity index (χ1) is 12.3. The van der Waals surface area contributed by atoms with Crippen LogP contribution in [0.2, 0.25) is 5.02 Å². The summed E-state index contributed by atoms with van der Waals surface area (Å²) in [4.78, 5) is 12.1. The molecule has 3 rings (SSSR count).